The van der Waals surface area contributed by atoms with Crippen molar-refractivity contribution in [2.45, 2.75) is 25.3 Å². The number of nitrogens with one attached hydrogen (secondary N) is 1. The van der Waals surface area contributed by atoms with Crippen LogP contribution >= 0.6 is 27.3 Å². The molecule has 0 aliphatic rings. The Hall–Kier alpha value is -0.680. The van der Waals surface area contributed by atoms with Gasteiger partial charge in [-0.2, -0.15) is 11.3 Å². The van der Waals surface area contributed by atoms with Gasteiger partial charge in [-0.05, 0) is 59.3 Å². The van der Waals surface area contributed by atoms with E-state index in [-0.39, 0.29) is 0 Å². The molecular weight excluding hydrogens is 308 g/mol. The molecule has 0 amide bonds. The second-order valence-corrected chi connectivity index (χ2v) is 6.06. The Morgan fingerprint density at radius 3 is 2.83 bits per heavy atom. The molecule has 96 valence electrons. The van der Waals surface area contributed by atoms with Gasteiger partial charge in [0, 0.05) is 10.5 Å². The molecule has 0 bridgehead atoms. The zero-order valence-electron chi connectivity index (χ0n) is 10.1. The molecule has 2 nitrogen and oxygen atoms in total. The Morgan fingerprint density at radius 2 is 2.17 bits per heavy atom. The lowest BCUT2D eigenvalue weighted by Gasteiger charge is -2.15. The molecule has 1 atom stereocenters. The monoisotopic (exact) mass is 324 g/mol. The van der Waals surface area contributed by atoms with Crippen LogP contribution in [0.25, 0.3) is 0 Å². The van der Waals surface area contributed by atoms with Gasteiger partial charge in [-0.3, -0.25) is 11.3 Å². The van der Waals surface area contributed by atoms with E-state index in [1.54, 1.807) is 11.3 Å². The molecule has 0 spiro atoms. The Kier molecular flexibility index (Phi) is 5.38. The minimum Gasteiger partial charge on any atom is -0.271 e. The number of aryl methyl sites for hydroxylation is 1. The Morgan fingerprint density at radius 1 is 1.28 bits per heavy atom. The SMILES string of the molecule is NNC(CCc1ccsc1)Cc1cccc(Br)c1. The second kappa shape index (κ2) is 7.04. The molecule has 3 N–H and O–H groups in total. The smallest absolute Gasteiger partial charge is 0.0254 e. The lowest BCUT2D eigenvalue weighted by molar-refractivity contribution is 0.491. The molecule has 4 heteroatoms. The van der Waals surface area contributed by atoms with Crippen LogP contribution in [0.3, 0.4) is 0 Å². The summed E-state index contributed by atoms with van der Waals surface area (Å²) >= 11 is 5.24. The molecule has 2 rings (SSSR count). The Balaban J connectivity index is 1.89. The zero-order chi connectivity index (χ0) is 12.8. The zero-order valence-corrected chi connectivity index (χ0v) is 12.5. The highest BCUT2D eigenvalue weighted by molar-refractivity contribution is 9.10. The van der Waals surface area contributed by atoms with Crippen molar-refractivity contribution in [2.75, 3.05) is 0 Å². The predicted octanol–water partition coefficient (Wildman–Crippen LogP) is 3.52. The third-order valence-corrected chi connectivity index (χ3v) is 4.19. The number of nitrogens with two attached hydrogens (primary N) is 1. The normalized spacial score (nSPS) is 12.6. The van der Waals surface area contributed by atoms with E-state index in [4.69, 9.17) is 5.84 Å². The number of benzene rings is 1. The summed E-state index contributed by atoms with van der Waals surface area (Å²) in [5.74, 6) is 5.64. The second-order valence-electron chi connectivity index (χ2n) is 4.37. The van der Waals surface area contributed by atoms with Crippen molar-refractivity contribution >= 4 is 27.3 Å². The number of hydrogen-bond donors (Lipinski definition) is 2. The van der Waals surface area contributed by atoms with E-state index < -0.39 is 0 Å². The summed E-state index contributed by atoms with van der Waals surface area (Å²) in [5.41, 5.74) is 5.62. The molecule has 1 heterocycles. The van der Waals surface area contributed by atoms with E-state index in [2.05, 4.69) is 56.4 Å². The van der Waals surface area contributed by atoms with Gasteiger partial charge < -0.3 is 0 Å². The highest BCUT2D eigenvalue weighted by atomic mass is 79.9. The maximum absolute atomic E-state index is 5.64. The van der Waals surface area contributed by atoms with E-state index in [0.717, 1.165) is 23.7 Å². The first-order valence-corrected chi connectivity index (χ1v) is 7.73. The first-order chi connectivity index (χ1) is 8.78. The van der Waals surface area contributed by atoms with Gasteiger partial charge in [-0.25, -0.2) is 0 Å². The van der Waals surface area contributed by atoms with Crippen LogP contribution in [0.1, 0.15) is 17.5 Å². The van der Waals surface area contributed by atoms with Crippen LogP contribution in [0.15, 0.2) is 45.6 Å². The lowest BCUT2D eigenvalue weighted by atomic mass is 10.0. The largest absolute Gasteiger partial charge is 0.271 e. The average Bonchev–Trinajstić information content (AvgIpc) is 2.87. The summed E-state index contributed by atoms with van der Waals surface area (Å²) in [4.78, 5) is 0. The van der Waals surface area contributed by atoms with Crippen LogP contribution in [-0.4, -0.2) is 6.04 Å². The quantitative estimate of drug-likeness (QED) is 0.630. The molecule has 0 saturated heterocycles. The van der Waals surface area contributed by atoms with Crippen molar-refractivity contribution in [1.29, 1.82) is 0 Å². The number of thiophene rings is 1. The maximum atomic E-state index is 5.64. The molecule has 0 aliphatic carbocycles. The van der Waals surface area contributed by atoms with E-state index in [1.165, 1.54) is 11.1 Å². The van der Waals surface area contributed by atoms with Gasteiger partial charge in [-0.1, -0.05) is 28.1 Å². The maximum Gasteiger partial charge on any atom is 0.0254 e. The van der Waals surface area contributed by atoms with E-state index >= 15 is 0 Å². The summed E-state index contributed by atoms with van der Waals surface area (Å²) in [6.45, 7) is 0. The van der Waals surface area contributed by atoms with E-state index in [9.17, 15) is 0 Å². The molecule has 1 aromatic carbocycles. The molecule has 18 heavy (non-hydrogen) atoms. The van der Waals surface area contributed by atoms with Gasteiger partial charge >= 0.3 is 0 Å². The molecule has 0 aliphatic heterocycles. The van der Waals surface area contributed by atoms with Crippen molar-refractivity contribution < 1.29 is 0 Å². The van der Waals surface area contributed by atoms with Crippen molar-refractivity contribution in [2.24, 2.45) is 5.84 Å². The van der Waals surface area contributed by atoms with Crippen molar-refractivity contribution in [3.63, 3.8) is 0 Å². The molecule has 0 fully saturated rings. The van der Waals surface area contributed by atoms with Gasteiger partial charge in [0.15, 0.2) is 0 Å². The third kappa shape index (κ3) is 4.21. The Bertz CT molecular complexity index is 470. The van der Waals surface area contributed by atoms with Gasteiger partial charge in [-0.15, -0.1) is 0 Å². The van der Waals surface area contributed by atoms with Crippen molar-refractivity contribution in [3.05, 3.63) is 56.7 Å². The number of halogens is 1. The van der Waals surface area contributed by atoms with Gasteiger partial charge in [0.05, 0.1) is 0 Å². The molecule has 1 aromatic heterocycles. The summed E-state index contributed by atoms with van der Waals surface area (Å²) < 4.78 is 1.12. The van der Waals surface area contributed by atoms with Crippen LogP contribution < -0.4 is 11.3 Å². The van der Waals surface area contributed by atoms with Crippen LogP contribution in [-0.2, 0) is 12.8 Å². The summed E-state index contributed by atoms with van der Waals surface area (Å²) in [6, 6.07) is 10.9. The number of hydrazine groups is 1. The third-order valence-electron chi connectivity index (χ3n) is 2.97. The highest BCUT2D eigenvalue weighted by Gasteiger charge is 2.08. The first kappa shape index (κ1) is 13.7. The minimum absolute atomic E-state index is 0.319. The first-order valence-electron chi connectivity index (χ1n) is 5.99. The molecule has 0 radical (unpaired) electrons. The van der Waals surface area contributed by atoms with Crippen molar-refractivity contribution in [1.82, 2.24) is 5.43 Å². The molecule has 1 unspecified atom stereocenters. The fourth-order valence-electron chi connectivity index (χ4n) is 1.97. The van der Waals surface area contributed by atoms with Crippen LogP contribution in [0.4, 0.5) is 0 Å². The van der Waals surface area contributed by atoms with Gasteiger partial charge in [0.1, 0.15) is 0 Å². The predicted molar refractivity (Wildman–Crippen MR) is 81.6 cm³/mol. The number of rotatable bonds is 6. The lowest BCUT2D eigenvalue weighted by Crippen LogP contribution is -2.37. The fourth-order valence-corrected chi connectivity index (χ4v) is 3.12. The standard InChI is InChI=1S/C14H17BrN2S/c15-13-3-1-2-12(8-13)9-14(17-16)5-4-11-6-7-18-10-11/h1-3,6-8,10,14,17H,4-5,9,16H2. The van der Waals surface area contributed by atoms with E-state index in [1.807, 2.05) is 6.07 Å². The van der Waals surface area contributed by atoms with Crippen molar-refractivity contribution in [3.8, 4) is 0 Å². The molecule has 0 saturated carbocycles. The van der Waals surface area contributed by atoms with Gasteiger partial charge in [0.2, 0.25) is 0 Å². The summed E-state index contributed by atoms with van der Waals surface area (Å²) in [7, 11) is 0. The highest BCUT2D eigenvalue weighted by Crippen LogP contribution is 2.15. The van der Waals surface area contributed by atoms with Crippen LogP contribution in [0.2, 0.25) is 0 Å². The van der Waals surface area contributed by atoms with Crippen LogP contribution in [0.5, 0.6) is 0 Å². The minimum atomic E-state index is 0.319. The fraction of sp³-hybridized carbons (Fsp3) is 0.286. The molecule has 2 aromatic rings. The average molecular weight is 325 g/mol. The number of hydrogen-bond acceptors (Lipinski definition) is 3. The summed E-state index contributed by atoms with van der Waals surface area (Å²) in [6.07, 6.45) is 3.09. The Labute approximate surface area is 120 Å². The van der Waals surface area contributed by atoms with Crippen LogP contribution in [0, 0.1) is 0 Å². The van der Waals surface area contributed by atoms with Gasteiger partial charge in [0.25, 0.3) is 0 Å². The topological polar surface area (TPSA) is 38.0 Å². The van der Waals surface area contributed by atoms with E-state index in [0.29, 0.717) is 6.04 Å². The molecular formula is C14H17BrN2S. The summed E-state index contributed by atoms with van der Waals surface area (Å²) in [5, 5.41) is 4.32.